The molecule has 3 aromatic carbocycles. The molecule has 102 heavy (non-hydrogen) atoms. The lowest BCUT2D eigenvalue weighted by Crippen LogP contribution is -2.52. The third-order valence-electron chi connectivity index (χ3n) is 20.9. The molecule has 0 aliphatic carbocycles. The van der Waals surface area contributed by atoms with E-state index in [4.69, 9.17) is 47.4 Å². The Labute approximate surface area is 605 Å². The topological polar surface area (TPSA) is 192 Å². The number of rotatable bonds is 22. The van der Waals surface area contributed by atoms with Crippen molar-refractivity contribution in [2.45, 2.75) is 218 Å². The van der Waals surface area contributed by atoms with Gasteiger partial charge in [-0.05, 0) is 193 Å². The number of nitrogens with zero attached hydrogens (tertiary/aromatic N) is 6. The second kappa shape index (κ2) is 36.8. The van der Waals surface area contributed by atoms with Gasteiger partial charge in [-0.3, -0.25) is 29.3 Å². The molecule has 0 N–H and O–H groups in total. The summed E-state index contributed by atoms with van der Waals surface area (Å²) < 4.78 is 61.2. The summed E-state index contributed by atoms with van der Waals surface area (Å²) >= 11 is 0. The lowest BCUT2D eigenvalue weighted by Gasteiger charge is -2.48. The number of aryl methyl sites for hydroxylation is 2. The van der Waals surface area contributed by atoms with Crippen molar-refractivity contribution in [3.8, 4) is 23.0 Å². The van der Waals surface area contributed by atoms with Gasteiger partial charge in [0.05, 0.1) is 80.4 Å². The van der Waals surface area contributed by atoms with Crippen LogP contribution in [-0.4, -0.2) is 169 Å². The molecule has 19 heteroatoms. The summed E-state index contributed by atoms with van der Waals surface area (Å²) in [5.74, 6) is 3.59. The number of likely N-dealkylation sites (tertiary alicyclic amines) is 3. The minimum Gasteiger partial charge on any atom is -0.496 e. The Hall–Kier alpha value is -7.52. The highest BCUT2D eigenvalue weighted by molar-refractivity contribution is 5.96. The van der Waals surface area contributed by atoms with Crippen molar-refractivity contribution in [1.29, 1.82) is 0 Å². The Balaban J connectivity index is 0.000000165. The molecule has 0 radical (unpaired) electrons. The van der Waals surface area contributed by atoms with Crippen LogP contribution in [0.25, 0.3) is 0 Å². The van der Waals surface area contributed by atoms with Crippen LogP contribution in [0.1, 0.15) is 222 Å². The average Bonchev–Trinajstić information content (AvgIpc) is 0.788. The van der Waals surface area contributed by atoms with Crippen molar-refractivity contribution in [1.82, 2.24) is 29.7 Å². The van der Waals surface area contributed by atoms with Crippen LogP contribution in [0.5, 0.6) is 23.0 Å². The minimum atomic E-state index is -0.290. The number of pyridine rings is 3. The van der Waals surface area contributed by atoms with E-state index in [-0.39, 0.29) is 77.3 Å². The molecule has 19 nitrogen and oxygen atoms in total. The van der Waals surface area contributed by atoms with E-state index in [0.717, 1.165) is 142 Å². The summed E-state index contributed by atoms with van der Waals surface area (Å²) in [7, 11) is 3.26. The number of amides is 3. The molecule has 6 saturated heterocycles. The molecule has 552 valence electrons. The maximum atomic E-state index is 13.4. The van der Waals surface area contributed by atoms with Crippen molar-refractivity contribution < 1.29 is 61.8 Å². The standard InChI is InChI=1S/C29H40N2O5.C28H38N2O4.C26H34N2O4/c1-5-34-24-18-26(23-7-6-13-30-20-23)36-29(19-24)11-14-31(15-12-29)28(32)22-8-9-25(27(17-22)33-4)35-16-10-21(2)3;1-5-15-32-24-17-26(23-7-6-12-29-19-23)34-28(18-24)10-13-30(14-11-28)27(31)22-8-9-25(21(4)16-22)33-20(2)3;1-4-19-8-9-20(15-23(19)30-3)25(29)28-13-10-26(11-14-28)17-22(31-5-2)16-24(32-26)21-7-6-12-27-18-21/h6-9,13,17,20-21,24,26H,5,10-12,14-16,18-19H2,1-4H3;6-9,12,16,19-20,24,26H,5,10-11,13-15,17-18H2,1-4H3;6-9,12,15,18,22,24H,4-5,10-11,13-14,16-17H2,1-3H3. The Morgan fingerprint density at radius 1 is 0.500 bits per heavy atom. The first-order valence-electron chi connectivity index (χ1n) is 37.6. The Morgan fingerprint density at radius 2 is 0.902 bits per heavy atom. The first kappa shape index (κ1) is 77.1. The zero-order valence-electron chi connectivity index (χ0n) is 62.4. The maximum absolute atomic E-state index is 13.4. The van der Waals surface area contributed by atoms with E-state index in [1.807, 2.05) is 135 Å². The molecule has 6 aliphatic rings. The largest absolute Gasteiger partial charge is 0.496 e. The second-order valence-electron chi connectivity index (χ2n) is 29.0. The van der Waals surface area contributed by atoms with Crippen LogP contribution in [0.4, 0.5) is 0 Å². The van der Waals surface area contributed by atoms with Crippen LogP contribution in [0.3, 0.4) is 0 Å². The SMILES string of the molecule is CCCOC1CC(c2cccnc2)OC2(CCN(C(=O)c3ccc(OC(C)C)c(C)c3)CC2)C1.CCOC1CC(c2cccnc2)OC2(CCN(C(=O)c3ccc(CC)c(OC)c3)CC2)C1.CCOC1CC(c2cccnc2)OC2(CCN(C(=O)c3ccc(OCCC(C)C)c(OC)c3)CC2)C1. The lowest BCUT2D eigenvalue weighted by molar-refractivity contribution is -0.191. The molecule has 0 saturated carbocycles. The highest BCUT2D eigenvalue weighted by Gasteiger charge is 2.48. The number of hydrogen-bond donors (Lipinski definition) is 0. The van der Waals surface area contributed by atoms with Crippen LogP contribution in [-0.2, 0) is 34.8 Å². The Bertz CT molecular complexity index is 3600. The van der Waals surface area contributed by atoms with Crippen molar-refractivity contribution in [3.63, 3.8) is 0 Å². The van der Waals surface area contributed by atoms with E-state index in [9.17, 15) is 14.4 Å². The van der Waals surface area contributed by atoms with Crippen molar-refractivity contribution in [2.24, 2.45) is 5.92 Å². The minimum absolute atomic E-state index is 0.0119. The zero-order chi connectivity index (χ0) is 72.2. The summed E-state index contributed by atoms with van der Waals surface area (Å²) in [5.41, 5.74) is 6.57. The van der Waals surface area contributed by atoms with Crippen LogP contribution in [0.2, 0.25) is 0 Å². The van der Waals surface area contributed by atoms with Crippen molar-refractivity contribution >= 4 is 17.7 Å². The van der Waals surface area contributed by atoms with E-state index in [2.05, 4.69) is 60.8 Å². The number of piperidine rings is 3. The Kier molecular flexibility index (Phi) is 27.8. The van der Waals surface area contributed by atoms with E-state index in [1.165, 1.54) is 0 Å². The summed E-state index contributed by atoms with van der Waals surface area (Å²) in [6.45, 7) is 25.4. The van der Waals surface area contributed by atoms with Gasteiger partial charge in [0.25, 0.3) is 17.7 Å². The maximum Gasteiger partial charge on any atom is 0.253 e. The van der Waals surface area contributed by atoms with Gasteiger partial charge in [0, 0.05) is 151 Å². The van der Waals surface area contributed by atoms with Gasteiger partial charge in [-0.2, -0.15) is 0 Å². The molecule has 6 unspecified atom stereocenters. The summed E-state index contributed by atoms with van der Waals surface area (Å²) in [5, 5.41) is 0. The number of carbonyl (C=O) groups is 3. The van der Waals surface area contributed by atoms with Crippen LogP contribution in [0.15, 0.2) is 128 Å². The molecule has 6 atom stereocenters. The molecule has 6 aliphatic heterocycles. The fourth-order valence-corrected chi connectivity index (χ4v) is 15.4. The summed E-state index contributed by atoms with van der Waals surface area (Å²) in [4.78, 5) is 58.5. The number of carbonyl (C=O) groups excluding carboxylic acids is 3. The van der Waals surface area contributed by atoms with Crippen LogP contribution >= 0.6 is 0 Å². The molecule has 6 aromatic rings. The number of benzene rings is 3. The lowest BCUT2D eigenvalue weighted by atomic mass is 9.80. The van der Waals surface area contributed by atoms with Crippen molar-refractivity contribution in [3.05, 3.63) is 173 Å². The molecule has 9 heterocycles. The van der Waals surface area contributed by atoms with Gasteiger partial charge in [-0.1, -0.05) is 52.0 Å². The molecular weight excluding hydrogens is 1290 g/mol. The predicted molar refractivity (Wildman–Crippen MR) is 394 cm³/mol. The predicted octanol–water partition coefficient (Wildman–Crippen LogP) is 15.5. The molecular formula is C83H112N6O13. The summed E-state index contributed by atoms with van der Waals surface area (Å²) in [6.07, 6.45) is 24.3. The van der Waals surface area contributed by atoms with Gasteiger partial charge in [0.15, 0.2) is 11.5 Å². The summed E-state index contributed by atoms with van der Waals surface area (Å²) in [6, 6.07) is 29.1. The van der Waals surface area contributed by atoms with E-state index < -0.39 is 0 Å². The number of hydrogen-bond acceptors (Lipinski definition) is 16. The van der Waals surface area contributed by atoms with Gasteiger partial charge in [0.2, 0.25) is 0 Å². The first-order valence-corrected chi connectivity index (χ1v) is 37.6. The average molecular weight is 1400 g/mol. The third kappa shape index (κ3) is 20.3. The number of aromatic nitrogens is 3. The van der Waals surface area contributed by atoms with Crippen LogP contribution in [0, 0.1) is 12.8 Å². The molecule has 12 rings (SSSR count). The zero-order valence-corrected chi connectivity index (χ0v) is 62.4. The monoisotopic (exact) mass is 1400 g/mol. The smallest absolute Gasteiger partial charge is 0.253 e. The molecule has 3 aromatic heterocycles. The number of methoxy groups -OCH3 is 2. The van der Waals surface area contributed by atoms with Gasteiger partial charge in [-0.15, -0.1) is 0 Å². The molecule has 3 amide bonds. The molecule has 0 bridgehead atoms. The highest BCUT2D eigenvalue weighted by Crippen LogP contribution is 2.48. The van der Waals surface area contributed by atoms with Crippen LogP contribution < -0.4 is 18.9 Å². The number of ether oxygens (including phenoxy) is 10. The van der Waals surface area contributed by atoms with Gasteiger partial charge < -0.3 is 62.1 Å². The third-order valence-corrected chi connectivity index (χ3v) is 20.9. The van der Waals surface area contributed by atoms with E-state index >= 15 is 0 Å². The molecule has 3 spiro atoms. The fourth-order valence-electron chi connectivity index (χ4n) is 15.4. The van der Waals surface area contributed by atoms with Gasteiger partial charge in [0.1, 0.15) is 11.5 Å². The normalized spacial score (nSPS) is 22.1. The van der Waals surface area contributed by atoms with Gasteiger partial charge in [-0.25, -0.2) is 0 Å². The molecule has 6 fully saturated rings. The first-order chi connectivity index (χ1) is 49.4. The van der Waals surface area contributed by atoms with Crippen molar-refractivity contribution in [2.75, 3.05) is 79.9 Å². The Morgan fingerprint density at radius 3 is 1.26 bits per heavy atom. The fraction of sp³-hybridized carbons (Fsp3) is 0.566. The van der Waals surface area contributed by atoms with Gasteiger partial charge >= 0.3 is 0 Å². The highest BCUT2D eigenvalue weighted by atomic mass is 16.5. The van der Waals surface area contributed by atoms with E-state index in [1.54, 1.807) is 38.9 Å². The quantitative estimate of drug-likeness (QED) is 0.0623. The second-order valence-corrected chi connectivity index (χ2v) is 29.0. The van der Waals surface area contributed by atoms with E-state index in [0.29, 0.717) is 93.2 Å².